The third-order valence-corrected chi connectivity index (χ3v) is 10.6. The lowest BCUT2D eigenvalue weighted by Gasteiger charge is -2.33. The molecule has 2 N–H and O–H groups in total. The summed E-state index contributed by atoms with van der Waals surface area (Å²) in [6.45, 7) is 4.65. The molecule has 1 aromatic heterocycles. The van der Waals surface area contributed by atoms with Crippen LogP contribution >= 0.6 is 11.6 Å². The Bertz CT molecular complexity index is 2060. The van der Waals surface area contributed by atoms with Crippen LogP contribution in [0, 0.1) is 18.3 Å². The van der Waals surface area contributed by atoms with Gasteiger partial charge in [0.1, 0.15) is 48.1 Å². The number of nitrogens with zero attached hydrogens (tertiary/aromatic N) is 4. The highest BCUT2D eigenvalue weighted by molar-refractivity contribution is 6.32. The van der Waals surface area contributed by atoms with Crippen molar-refractivity contribution >= 4 is 17.6 Å². The van der Waals surface area contributed by atoms with Gasteiger partial charge >= 0.3 is 12.1 Å². The van der Waals surface area contributed by atoms with Gasteiger partial charge in [0.05, 0.1) is 23.3 Å². The van der Waals surface area contributed by atoms with E-state index in [0.29, 0.717) is 78.0 Å². The van der Waals surface area contributed by atoms with Crippen molar-refractivity contribution in [3.63, 3.8) is 0 Å². The Morgan fingerprint density at radius 2 is 1.75 bits per heavy atom. The van der Waals surface area contributed by atoms with Crippen LogP contribution in [0.2, 0.25) is 5.02 Å². The van der Waals surface area contributed by atoms with Crippen LogP contribution in [0.3, 0.4) is 0 Å². The van der Waals surface area contributed by atoms with E-state index < -0.39 is 23.8 Å². The number of rotatable bonds is 15. The summed E-state index contributed by atoms with van der Waals surface area (Å²) < 4.78 is 62.3. The molecule has 56 heavy (non-hydrogen) atoms. The molecule has 0 amide bonds. The van der Waals surface area contributed by atoms with Crippen molar-refractivity contribution in [1.82, 2.24) is 14.8 Å². The number of likely N-dealkylation sites (tertiary alicyclic amines) is 2. The Hall–Kier alpha value is -4.87. The number of aliphatic carboxylic acids is 1. The second-order valence-electron chi connectivity index (χ2n) is 14.2. The highest BCUT2D eigenvalue weighted by atomic mass is 35.5. The van der Waals surface area contributed by atoms with Crippen molar-refractivity contribution in [1.29, 1.82) is 5.26 Å². The van der Waals surface area contributed by atoms with Crippen LogP contribution in [0.5, 0.6) is 17.2 Å². The van der Waals surface area contributed by atoms with E-state index in [1.54, 1.807) is 55.6 Å². The predicted molar refractivity (Wildman–Crippen MR) is 204 cm³/mol. The molecule has 0 radical (unpaired) electrons. The standard InChI is InChI=1S/C42H44ClF3N4O6/c1-27-30(7-4-8-33(27)34-9-5-11-37(40(34)42(44,45)46)54-16-6-13-49-15-12-32(51)24-49)26-56-39-19-38(55-25-29-17-28(20-47)21-48-22-29)31(18-35(39)43)23-50-14-3-2-10-36(50)41(52)53/h4-5,7-9,11,17-19,21-22,32,36,51H,2-3,6,10,12-16,23-26H2,1H3,(H,52,53)/t32-,36+/m1/s1. The van der Waals surface area contributed by atoms with Gasteiger partial charge in [-0.3, -0.25) is 14.7 Å². The summed E-state index contributed by atoms with van der Waals surface area (Å²) in [7, 11) is 0. The zero-order valence-corrected chi connectivity index (χ0v) is 31.8. The largest absolute Gasteiger partial charge is 0.493 e. The van der Waals surface area contributed by atoms with Crippen molar-refractivity contribution in [3.8, 4) is 34.4 Å². The van der Waals surface area contributed by atoms with Gasteiger partial charge in [0, 0.05) is 55.8 Å². The molecule has 6 rings (SSSR count). The Balaban J connectivity index is 1.23. The van der Waals surface area contributed by atoms with Gasteiger partial charge in [-0.15, -0.1) is 0 Å². The van der Waals surface area contributed by atoms with Gasteiger partial charge in [0.15, 0.2) is 0 Å². The molecular formula is C42H44ClF3N4O6. The molecule has 3 heterocycles. The number of halogens is 4. The van der Waals surface area contributed by atoms with Crippen LogP contribution < -0.4 is 14.2 Å². The minimum Gasteiger partial charge on any atom is -0.493 e. The van der Waals surface area contributed by atoms with Crippen LogP contribution in [-0.4, -0.2) is 75.9 Å². The lowest BCUT2D eigenvalue weighted by atomic mass is 9.92. The molecule has 3 aromatic carbocycles. The maximum absolute atomic E-state index is 14.7. The quantitative estimate of drug-likeness (QED) is 0.114. The molecule has 14 heteroatoms. The second-order valence-corrected chi connectivity index (χ2v) is 14.6. The number of hydrogen-bond donors (Lipinski definition) is 2. The van der Waals surface area contributed by atoms with Crippen LogP contribution in [0.15, 0.2) is 67.0 Å². The number of carbonyl (C=O) groups is 1. The molecule has 0 aliphatic carbocycles. The first-order chi connectivity index (χ1) is 26.9. The van der Waals surface area contributed by atoms with E-state index in [4.69, 9.17) is 25.8 Å². The Labute approximate surface area is 329 Å². The molecule has 0 bridgehead atoms. The van der Waals surface area contributed by atoms with E-state index >= 15 is 0 Å². The summed E-state index contributed by atoms with van der Waals surface area (Å²) >= 11 is 6.78. The van der Waals surface area contributed by atoms with Gasteiger partial charge in [-0.05, 0) is 79.6 Å². The van der Waals surface area contributed by atoms with E-state index in [0.717, 1.165) is 19.4 Å². The van der Waals surface area contributed by atoms with Gasteiger partial charge in [0.2, 0.25) is 0 Å². The zero-order chi connectivity index (χ0) is 39.8. The number of piperidine rings is 1. The fourth-order valence-corrected chi connectivity index (χ4v) is 7.59. The van der Waals surface area contributed by atoms with Gasteiger partial charge in [-0.1, -0.05) is 48.4 Å². The topological polar surface area (TPSA) is 128 Å². The lowest BCUT2D eigenvalue weighted by molar-refractivity contribution is -0.145. The highest BCUT2D eigenvalue weighted by Gasteiger charge is 2.38. The Morgan fingerprint density at radius 3 is 2.50 bits per heavy atom. The normalized spacial score (nSPS) is 17.7. The molecule has 10 nitrogen and oxygen atoms in total. The molecule has 2 aliphatic rings. The first kappa shape index (κ1) is 40.8. The molecule has 0 unspecified atom stereocenters. The molecule has 2 fully saturated rings. The van der Waals surface area contributed by atoms with E-state index in [9.17, 15) is 33.4 Å². The number of aromatic nitrogens is 1. The summed E-state index contributed by atoms with van der Waals surface area (Å²) in [6.07, 6.45) is 1.37. The molecule has 0 spiro atoms. The molecule has 2 atom stereocenters. The number of β-amino-alcohol motifs (C(OH)–C–C–N with tert-alkyl or cyclic N) is 1. The number of pyridine rings is 1. The number of aliphatic hydroxyl groups excluding tert-OH is 1. The average molecular weight is 793 g/mol. The van der Waals surface area contributed by atoms with Crippen molar-refractivity contribution in [2.75, 3.05) is 32.8 Å². The van der Waals surface area contributed by atoms with Gasteiger partial charge in [0.25, 0.3) is 0 Å². The number of nitriles is 1. The fourth-order valence-electron chi connectivity index (χ4n) is 7.35. The maximum Gasteiger partial charge on any atom is 0.420 e. The fraction of sp³-hybridized carbons (Fsp3) is 0.405. The van der Waals surface area contributed by atoms with E-state index in [-0.39, 0.29) is 54.6 Å². The zero-order valence-electron chi connectivity index (χ0n) is 31.0. The predicted octanol–water partition coefficient (Wildman–Crippen LogP) is 8.03. The smallest absolute Gasteiger partial charge is 0.420 e. The van der Waals surface area contributed by atoms with Crippen molar-refractivity contribution in [2.45, 2.75) is 77.1 Å². The van der Waals surface area contributed by atoms with Crippen molar-refractivity contribution in [2.24, 2.45) is 0 Å². The summed E-state index contributed by atoms with van der Waals surface area (Å²) in [5, 5.41) is 29.2. The number of alkyl halides is 3. The number of ether oxygens (including phenoxy) is 3. The summed E-state index contributed by atoms with van der Waals surface area (Å²) in [5.74, 6) is -0.475. The van der Waals surface area contributed by atoms with Gasteiger partial charge in [-0.25, -0.2) is 0 Å². The molecule has 2 aliphatic heterocycles. The van der Waals surface area contributed by atoms with Crippen LogP contribution in [0.4, 0.5) is 13.2 Å². The molecule has 2 saturated heterocycles. The minimum absolute atomic E-state index is 0.0116. The van der Waals surface area contributed by atoms with Crippen molar-refractivity contribution in [3.05, 3.63) is 105 Å². The summed E-state index contributed by atoms with van der Waals surface area (Å²) in [4.78, 5) is 20.1. The van der Waals surface area contributed by atoms with Gasteiger partial charge < -0.3 is 29.3 Å². The summed E-state index contributed by atoms with van der Waals surface area (Å²) in [6, 6.07) is 15.8. The molecular weight excluding hydrogens is 749 g/mol. The third-order valence-electron chi connectivity index (χ3n) is 10.3. The lowest BCUT2D eigenvalue weighted by Crippen LogP contribution is -2.44. The second kappa shape index (κ2) is 18.4. The first-order valence-electron chi connectivity index (χ1n) is 18.6. The van der Waals surface area contributed by atoms with E-state index in [1.807, 2.05) is 4.90 Å². The SMILES string of the molecule is Cc1c(COc2cc(OCc3cncc(C#N)c3)c(CN3CCCC[C@H]3C(=O)O)cc2Cl)cccc1-c1cccc(OCCCN2CC[C@@H](O)C2)c1C(F)(F)F. The monoisotopic (exact) mass is 792 g/mol. The Kier molecular flexibility index (Phi) is 13.4. The van der Waals surface area contributed by atoms with Crippen molar-refractivity contribution < 1.29 is 42.4 Å². The number of carboxylic acid groups (broad SMARTS) is 1. The molecule has 296 valence electrons. The average Bonchev–Trinajstić information content (AvgIpc) is 3.60. The third kappa shape index (κ3) is 10.1. The van der Waals surface area contributed by atoms with E-state index in [2.05, 4.69) is 16.0 Å². The van der Waals surface area contributed by atoms with E-state index in [1.165, 1.54) is 18.3 Å². The van der Waals surface area contributed by atoms with Crippen LogP contribution in [-0.2, 0) is 30.7 Å². The minimum atomic E-state index is -4.69. The van der Waals surface area contributed by atoms with Gasteiger partial charge in [-0.2, -0.15) is 18.4 Å². The highest BCUT2D eigenvalue weighted by Crippen LogP contribution is 2.44. The number of aliphatic hydroxyl groups is 1. The Morgan fingerprint density at radius 1 is 0.964 bits per heavy atom. The molecule has 4 aromatic rings. The maximum atomic E-state index is 14.7. The molecule has 0 saturated carbocycles. The number of hydrogen-bond acceptors (Lipinski definition) is 9. The number of carboxylic acids is 1. The summed E-state index contributed by atoms with van der Waals surface area (Å²) in [5.41, 5.74) is 2.40. The first-order valence-corrected chi connectivity index (χ1v) is 19.0. The number of benzene rings is 3. The van der Waals surface area contributed by atoms with Crippen LogP contribution in [0.25, 0.3) is 11.1 Å². The van der Waals surface area contributed by atoms with Crippen LogP contribution in [0.1, 0.15) is 65.5 Å².